The molecule has 0 aliphatic carbocycles. The molecule has 1 unspecified atom stereocenters. The number of hydrazone groups is 1. The Morgan fingerprint density at radius 3 is 2.31 bits per heavy atom. The Labute approximate surface area is 159 Å². The summed E-state index contributed by atoms with van der Waals surface area (Å²) in [5.41, 5.74) is 6.31. The maximum atomic E-state index is 12.1. The van der Waals surface area contributed by atoms with Crippen molar-refractivity contribution in [1.82, 2.24) is 5.43 Å². The third-order valence-corrected chi connectivity index (χ3v) is 4.49. The predicted molar refractivity (Wildman–Crippen MR) is 108 cm³/mol. The molecule has 0 aromatic heterocycles. The molecule has 0 saturated heterocycles. The molecule has 5 nitrogen and oxygen atoms in total. The van der Waals surface area contributed by atoms with Crippen LogP contribution in [0.25, 0.3) is 0 Å². The molecule has 0 heterocycles. The van der Waals surface area contributed by atoms with Gasteiger partial charge in [0, 0.05) is 24.8 Å². The van der Waals surface area contributed by atoms with Gasteiger partial charge in [-0.2, -0.15) is 5.10 Å². The van der Waals surface area contributed by atoms with Gasteiger partial charge in [0.15, 0.2) is 6.10 Å². The SMILES string of the molecule is Cc1cc(OC(C)C(=O)NN=Cc2ccc(N(C)C)cc2)cc(C)c1Cl. The number of hydrogen-bond acceptors (Lipinski definition) is 4. The van der Waals surface area contributed by atoms with Crippen LogP contribution in [0.3, 0.4) is 0 Å². The van der Waals surface area contributed by atoms with Gasteiger partial charge in [0.25, 0.3) is 5.91 Å². The highest BCUT2D eigenvalue weighted by molar-refractivity contribution is 6.32. The van der Waals surface area contributed by atoms with Crippen molar-refractivity contribution in [3.63, 3.8) is 0 Å². The summed E-state index contributed by atoms with van der Waals surface area (Å²) >= 11 is 6.15. The van der Waals surface area contributed by atoms with E-state index in [9.17, 15) is 4.79 Å². The number of carbonyl (C=O) groups is 1. The second-order valence-corrected chi connectivity index (χ2v) is 6.73. The van der Waals surface area contributed by atoms with Crippen LogP contribution in [-0.2, 0) is 4.79 Å². The monoisotopic (exact) mass is 373 g/mol. The first-order chi connectivity index (χ1) is 12.3. The Bertz CT molecular complexity index is 778. The van der Waals surface area contributed by atoms with Crippen LogP contribution in [0, 0.1) is 13.8 Å². The van der Waals surface area contributed by atoms with E-state index < -0.39 is 6.10 Å². The summed E-state index contributed by atoms with van der Waals surface area (Å²) in [6.45, 7) is 5.48. The summed E-state index contributed by atoms with van der Waals surface area (Å²) in [7, 11) is 3.96. The standard InChI is InChI=1S/C20H24ClN3O2/c1-13-10-18(11-14(2)19(13)21)26-15(3)20(25)23-22-12-16-6-8-17(9-7-16)24(4)5/h6-12,15H,1-5H3,(H,23,25). The van der Waals surface area contributed by atoms with Gasteiger partial charge in [0.1, 0.15) is 5.75 Å². The van der Waals surface area contributed by atoms with Crippen molar-refractivity contribution in [1.29, 1.82) is 0 Å². The number of halogens is 1. The van der Waals surface area contributed by atoms with Crippen molar-refractivity contribution in [2.45, 2.75) is 26.9 Å². The molecular formula is C20H24ClN3O2. The van der Waals surface area contributed by atoms with E-state index in [1.807, 2.05) is 69.2 Å². The van der Waals surface area contributed by atoms with Crippen molar-refractivity contribution >= 4 is 29.4 Å². The van der Waals surface area contributed by atoms with E-state index in [1.54, 1.807) is 13.1 Å². The van der Waals surface area contributed by atoms with Gasteiger partial charge in [-0.3, -0.25) is 4.79 Å². The largest absolute Gasteiger partial charge is 0.481 e. The molecule has 2 aromatic rings. The normalized spacial score (nSPS) is 12.1. The molecular weight excluding hydrogens is 350 g/mol. The topological polar surface area (TPSA) is 53.9 Å². The second kappa shape index (κ2) is 8.72. The minimum atomic E-state index is -0.678. The second-order valence-electron chi connectivity index (χ2n) is 6.35. The Morgan fingerprint density at radius 2 is 1.77 bits per heavy atom. The minimum absolute atomic E-state index is 0.323. The number of anilines is 1. The molecule has 26 heavy (non-hydrogen) atoms. The third kappa shape index (κ3) is 5.23. The Balaban J connectivity index is 1.92. The van der Waals surface area contributed by atoms with E-state index >= 15 is 0 Å². The molecule has 0 aliphatic rings. The maximum Gasteiger partial charge on any atom is 0.280 e. The lowest BCUT2D eigenvalue weighted by molar-refractivity contribution is -0.127. The fourth-order valence-electron chi connectivity index (χ4n) is 2.35. The van der Waals surface area contributed by atoms with Crippen LogP contribution >= 0.6 is 11.6 Å². The van der Waals surface area contributed by atoms with Gasteiger partial charge in [-0.05, 0) is 61.7 Å². The number of nitrogens with one attached hydrogen (secondary N) is 1. The third-order valence-electron chi connectivity index (χ3n) is 3.89. The zero-order chi connectivity index (χ0) is 19.3. The highest BCUT2D eigenvalue weighted by Gasteiger charge is 2.15. The zero-order valence-electron chi connectivity index (χ0n) is 15.7. The van der Waals surface area contributed by atoms with Crippen LogP contribution < -0.4 is 15.1 Å². The molecule has 1 atom stereocenters. The molecule has 0 aliphatic heterocycles. The van der Waals surface area contributed by atoms with Gasteiger partial charge in [-0.1, -0.05) is 23.7 Å². The number of hydrogen-bond donors (Lipinski definition) is 1. The van der Waals surface area contributed by atoms with Crippen LogP contribution in [0.5, 0.6) is 5.75 Å². The lowest BCUT2D eigenvalue weighted by atomic mass is 10.1. The first kappa shape index (κ1) is 19.8. The summed E-state index contributed by atoms with van der Waals surface area (Å²) in [5, 5.41) is 4.70. The van der Waals surface area contributed by atoms with Crippen LogP contribution in [-0.4, -0.2) is 32.3 Å². The van der Waals surface area contributed by atoms with Crippen LogP contribution in [0.4, 0.5) is 5.69 Å². The average Bonchev–Trinajstić information content (AvgIpc) is 2.59. The van der Waals surface area contributed by atoms with E-state index in [0.29, 0.717) is 10.8 Å². The lowest BCUT2D eigenvalue weighted by Crippen LogP contribution is -2.33. The van der Waals surface area contributed by atoms with Crippen molar-refractivity contribution in [2.75, 3.05) is 19.0 Å². The van der Waals surface area contributed by atoms with Gasteiger partial charge >= 0.3 is 0 Å². The smallest absolute Gasteiger partial charge is 0.280 e. The molecule has 0 fully saturated rings. The van der Waals surface area contributed by atoms with Crippen LogP contribution in [0.1, 0.15) is 23.6 Å². The lowest BCUT2D eigenvalue weighted by Gasteiger charge is -2.15. The molecule has 1 N–H and O–H groups in total. The van der Waals surface area contributed by atoms with Gasteiger partial charge in [-0.15, -0.1) is 0 Å². The Kier molecular flexibility index (Phi) is 6.64. The zero-order valence-corrected chi connectivity index (χ0v) is 16.5. The summed E-state index contributed by atoms with van der Waals surface area (Å²) < 4.78 is 5.69. The highest BCUT2D eigenvalue weighted by atomic mass is 35.5. The summed E-state index contributed by atoms with van der Waals surface area (Å²) in [6.07, 6.45) is 0.920. The molecule has 6 heteroatoms. The predicted octanol–water partition coefficient (Wildman–Crippen LogP) is 3.94. The van der Waals surface area contributed by atoms with Crippen molar-refractivity contribution in [3.8, 4) is 5.75 Å². The number of ether oxygens (including phenoxy) is 1. The molecule has 1 amide bonds. The number of nitrogens with zero attached hydrogens (tertiary/aromatic N) is 2. The molecule has 2 rings (SSSR count). The quantitative estimate of drug-likeness (QED) is 0.616. The van der Waals surface area contributed by atoms with Gasteiger partial charge < -0.3 is 9.64 Å². The molecule has 0 spiro atoms. The number of carbonyl (C=O) groups excluding carboxylic acids is 1. The molecule has 0 radical (unpaired) electrons. The average molecular weight is 374 g/mol. The van der Waals surface area contributed by atoms with E-state index in [0.717, 1.165) is 22.4 Å². The van der Waals surface area contributed by atoms with Crippen molar-refractivity contribution < 1.29 is 9.53 Å². The number of rotatable bonds is 6. The van der Waals surface area contributed by atoms with Crippen LogP contribution in [0.2, 0.25) is 5.02 Å². The molecule has 2 aromatic carbocycles. The maximum absolute atomic E-state index is 12.1. The summed E-state index contributed by atoms with van der Waals surface area (Å²) in [6, 6.07) is 11.5. The number of benzene rings is 2. The highest BCUT2D eigenvalue weighted by Crippen LogP contribution is 2.26. The van der Waals surface area contributed by atoms with Crippen molar-refractivity contribution in [3.05, 3.63) is 58.1 Å². The molecule has 0 bridgehead atoms. The number of aryl methyl sites for hydroxylation is 2. The number of amides is 1. The Morgan fingerprint density at radius 1 is 1.19 bits per heavy atom. The van der Waals surface area contributed by atoms with E-state index in [-0.39, 0.29) is 5.91 Å². The molecule has 0 saturated carbocycles. The van der Waals surface area contributed by atoms with Gasteiger partial charge in [-0.25, -0.2) is 5.43 Å². The minimum Gasteiger partial charge on any atom is -0.481 e. The Hall–Kier alpha value is -2.53. The van der Waals surface area contributed by atoms with E-state index in [1.165, 1.54) is 0 Å². The first-order valence-corrected chi connectivity index (χ1v) is 8.69. The van der Waals surface area contributed by atoms with Gasteiger partial charge in [0.2, 0.25) is 0 Å². The van der Waals surface area contributed by atoms with E-state index in [4.69, 9.17) is 16.3 Å². The molecule has 138 valence electrons. The summed E-state index contributed by atoms with van der Waals surface area (Å²) in [4.78, 5) is 14.2. The fraction of sp³-hybridized carbons (Fsp3) is 0.300. The fourth-order valence-corrected chi connectivity index (χ4v) is 2.46. The first-order valence-electron chi connectivity index (χ1n) is 8.31. The van der Waals surface area contributed by atoms with Gasteiger partial charge in [0.05, 0.1) is 6.21 Å². The van der Waals surface area contributed by atoms with E-state index in [2.05, 4.69) is 10.5 Å². The summed E-state index contributed by atoms with van der Waals surface area (Å²) in [5.74, 6) is 0.284. The van der Waals surface area contributed by atoms with Crippen LogP contribution in [0.15, 0.2) is 41.5 Å². The van der Waals surface area contributed by atoms with Crippen molar-refractivity contribution in [2.24, 2.45) is 5.10 Å².